The van der Waals surface area contributed by atoms with Crippen molar-refractivity contribution in [3.63, 3.8) is 0 Å². The third kappa shape index (κ3) is 3.21. The van der Waals surface area contributed by atoms with E-state index in [1.54, 1.807) is 46.3 Å². The molecular weight excluding hydrogens is 346 g/mol. The molecule has 0 unspecified atom stereocenters. The van der Waals surface area contributed by atoms with Crippen LogP contribution in [0.25, 0.3) is 11.1 Å². The highest BCUT2D eigenvalue weighted by molar-refractivity contribution is 5.98. The van der Waals surface area contributed by atoms with Gasteiger partial charge >= 0.3 is 0 Å². The van der Waals surface area contributed by atoms with Gasteiger partial charge < -0.3 is 23.8 Å². The van der Waals surface area contributed by atoms with Crippen molar-refractivity contribution in [2.24, 2.45) is 0 Å². The van der Waals surface area contributed by atoms with Crippen LogP contribution in [0, 0.1) is 12.1 Å². The van der Waals surface area contributed by atoms with Gasteiger partial charge in [0.2, 0.25) is 11.7 Å². The highest BCUT2D eigenvalue weighted by Gasteiger charge is 2.28. The molecule has 1 amide bonds. The van der Waals surface area contributed by atoms with E-state index in [4.69, 9.17) is 18.9 Å². The molecule has 0 bridgehead atoms. The summed E-state index contributed by atoms with van der Waals surface area (Å²) in [6, 6.07) is 9.92. The van der Waals surface area contributed by atoms with Crippen LogP contribution in [0.5, 0.6) is 23.0 Å². The summed E-state index contributed by atoms with van der Waals surface area (Å²) in [7, 11) is 6.33. The lowest BCUT2D eigenvalue weighted by molar-refractivity contribution is -0.116. The number of rotatable bonds is 4. The molecule has 6 nitrogen and oxygen atoms in total. The van der Waals surface area contributed by atoms with Gasteiger partial charge in [0.25, 0.3) is 0 Å². The molecule has 3 rings (SSSR count). The third-order valence-corrected chi connectivity index (χ3v) is 4.71. The molecule has 0 saturated heterocycles. The van der Waals surface area contributed by atoms with Crippen LogP contribution in [-0.2, 0) is 11.2 Å². The van der Waals surface area contributed by atoms with Crippen LogP contribution >= 0.6 is 0 Å². The van der Waals surface area contributed by atoms with Gasteiger partial charge in [-0.25, -0.2) is 0 Å². The molecule has 27 heavy (non-hydrogen) atoms. The van der Waals surface area contributed by atoms with Gasteiger partial charge in [0.15, 0.2) is 17.2 Å². The fourth-order valence-electron chi connectivity index (χ4n) is 3.49. The van der Waals surface area contributed by atoms with Gasteiger partial charge in [-0.3, -0.25) is 4.79 Å². The summed E-state index contributed by atoms with van der Waals surface area (Å²) in [5, 5.41) is 0. The van der Waals surface area contributed by atoms with Gasteiger partial charge in [0, 0.05) is 25.1 Å². The van der Waals surface area contributed by atoms with Gasteiger partial charge in [-0.2, -0.15) is 0 Å². The number of nitrogens with zero attached hydrogens (tertiary/aromatic N) is 1. The molecule has 2 aromatic rings. The van der Waals surface area contributed by atoms with E-state index < -0.39 is 0 Å². The molecule has 1 aliphatic rings. The second-order valence-corrected chi connectivity index (χ2v) is 6.18. The molecule has 0 atom stereocenters. The van der Waals surface area contributed by atoms with E-state index in [1.165, 1.54) is 0 Å². The van der Waals surface area contributed by atoms with E-state index in [-0.39, 0.29) is 5.91 Å². The number of carbonyl (C=O) groups excluding carboxylic acids is 1. The maximum atomic E-state index is 12.3. The minimum atomic E-state index is -0.0409. The Hall–Kier alpha value is -3.07. The van der Waals surface area contributed by atoms with E-state index in [9.17, 15) is 4.79 Å². The summed E-state index contributed by atoms with van der Waals surface area (Å²) in [6.45, 7) is 2.15. The van der Waals surface area contributed by atoms with Crippen LogP contribution in [0.1, 0.15) is 18.9 Å². The summed E-state index contributed by atoms with van der Waals surface area (Å²) in [5.41, 5.74) is 3.31. The number of carbonyl (C=O) groups is 1. The Kier molecular flexibility index (Phi) is 5.31. The molecule has 142 valence electrons. The van der Waals surface area contributed by atoms with Crippen molar-refractivity contribution in [3.05, 3.63) is 29.8 Å². The molecule has 2 aromatic carbocycles. The molecule has 1 aliphatic heterocycles. The second kappa shape index (κ2) is 7.67. The maximum Gasteiger partial charge on any atom is 0.223 e. The topological polar surface area (TPSA) is 57.2 Å². The van der Waals surface area contributed by atoms with E-state index in [2.05, 4.69) is 12.1 Å². The minimum Gasteiger partial charge on any atom is -0.493 e. The van der Waals surface area contributed by atoms with Crippen LogP contribution in [0.3, 0.4) is 0 Å². The normalized spacial score (nSPS) is 12.7. The number of benzene rings is 1. The number of ether oxygens (including phenoxy) is 4. The average Bonchev–Trinajstić information content (AvgIpc) is 2.67. The van der Waals surface area contributed by atoms with E-state index in [1.807, 2.05) is 6.07 Å². The first-order valence-electron chi connectivity index (χ1n) is 8.68. The summed E-state index contributed by atoms with van der Waals surface area (Å²) < 4.78 is 22.1. The first-order valence-corrected chi connectivity index (χ1v) is 8.68. The number of hydrogen-bond acceptors (Lipinski definition) is 5. The number of hydrogen-bond donors (Lipinski definition) is 0. The van der Waals surface area contributed by atoms with Gasteiger partial charge in [0.1, 0.15) is 0 Å². The van der Waals surface area contributed by atoms with Gasteiger partial charge in [-0.1, -0.05) is 6.07 Å². The number of amides is 1. The smallest absolute Gasteiger partial charge is 0.223 e. The van der Waals surface area contributed by atoms with E-state index in [0.717, 1.165) is 29.5 Å². The lowest BCUT2D eigenvalue weighted by atomic mass is 9.92. The fourth-order valence-corrected chi connectivity index (χ4v) is 3.49. The van der Waals surface area contributed by atoms with Crippen LogP contribution in [0.15, 0.2) is 12.1 Å². The van der Waals surface area contributed by atoms with Crippen LogP contribution in [0.4, 0.5) is 5.69 Å². The summed E-state index contributed by atoms with van der Waals surface area (Å²) in [5.74, 6) is 2.13. The Morgan fingerprint density at radius 3 is 2.33 bits per heavy atom. The molecule has 0 spiro atoms. The van der Waals surface area contributed by atoms with Crippen LogP contribution in [-0.4, -0.2) is 40.9 Å². The van der Waals surface area contributed by atoms with Crippen LogP contribution in [0.2, 0.25) is 0 Å². The molecule has 0 fully saturated rings. The predicted molar refractivity (Wildman–Crippen MR) is 102 cm³/mol. The van der Waals surface area contributed by atoms with Crippen molar-refractivity contribution in [1.82, 2.24) is 0 Å². The second-order valence-electron chi connectivity index (χ2n) is 6.18. The SMILES string of the molecule is COc1c#cc2c(c1)N(C(C)=O)CCCc1cc(OC)c(OC)c(OC)c1-2. The molecule has 0 saturated carbocycles. The van der Waals surface area contributed by atoms with E-state index >= 15 is 0 Å². The molecular formula is C21H23NO5. The molecule has 6 heteroatoms. The highest BCUT2D eigenvalue weighted by atomic mass is 16.5. The maximum absolute atomic E-state index is 12.3. The zero-order valence-electron chi connectivity index (χ0n) is 16.3. The molecule has 0 radical (unpaired) electrons. The summed E-state index contributed by atoms with van der Waals surface area (Å²) in [6.07, 6.45) is 1.56. The van der Waals surface area contributed by atoms with Gasteiger partial charge in [0.05, 0.1) is 39.7 Å². The van der Waals surface area contributed by atoms with Gasteiger partial charge in [-0.05, 0) is 30.5 Å². The Morgan fingerprint density at radius 1 is 1.00 bits per heavy atom. The Labute approximate surface area is 159 Å². The monoisotopic (exact) mass is 369 g/mol. The molecule has 0 aliphatic carbocycles. The zero-order valence-corrected chi connectivity index (χ0v) is 16.3. The van der Waals surface area contributed by atoms with Crippen LogP contribution < -0.4 is 23.8 Å². The lowest BCUT2D eigenvalue weighted by Gasteiger charge is -2.28. The molecule has 0 N–H and O–H groups in total. The average molecular weight is 369 g/mol. The van der Waals surface area contributed by atoms with Crippen molar-refractivity contribution >= 4 is 11.6 Å². The van der Waals surface area contributed by atoms with Gasteiger partial charge in [-0.15, -0.1) is 0 Å². The van der Waals surface area contributed by atoms with Crippen molar-refractivity contribution in [1.29, 1.82) is 0 Å². The number of anilines is 1. The van der Waals surface area contributed by atoms with E-state index in [0.29, 0.717) is 35.2 Å². The Balaban J connectivity index is 2.37. The highest BCUT2D eigenvalue weighted by Crippen LogP contribution is 2.49. The number of aryl methyl sites for hydroxylation is 1. The number of methoxy groups -OCH3 is 4. The number of fused-ring (bicyclic) bond motifs is 3. The van der Waals surface area contributed by atoms with Crippen molar-refractivity contribution < 1.29 is 23.7 Å². The third-order valence-electron chi connectivity index (χ3n) is 4.71. The molecule has 1 heterocycles. The first kappa shape index (κ1) is 18.7. The Bertz CT molecular complexity index is 862. The quantitative estimate of drug-likeness (QED) is 0.828. The van der Waals surface area contributed by atoms with Crippen molar-refractivity contribution in [3.8, 4) is 34.1 Å². The van der Waals surface area contributed by atoms with Crippen molar-refractivity contribution in [2.75, 3.05) is 39.9 Å². The first-order chi connectivity index (χ1) is 13.0. The standard InChI is InChI=1S/C21H23NO5/c1-13(23)22-10-6-7-14-11-18(25-3)20(26-4)21(27-5)19(14)16-9-8-15(24-2)12-17(16)22/h11-12H,6-7,10H2,1-5H3. The fraction of sp³-hybridized carbons (Fsp3) is 0.381. The Morgan fingerprint density at radius 2 is 1.74 bits per heavy atom. The van der Waals surface area contributed by atoms with Crippen molar-refractivity contribution in [2.45, 2.75) is 19.8 Å². The molecule has 0 aromatic heterocycles. The zero-order chi connectivity index (χ0) is 19.6. The summed E-state index contributed by atoms with van der Waals surface area (Å²) >= 11 is 0. The summed E-state index contributed by atoms with van der Waals surface area (Å²) in [4.78, 5) is 14.0. The largest absolute Gasteiger partial charge is 0.493 e. The predicted octanol–water partition coefficient (Wildman–Crippen LogP) is 3.29. The minimum absolute atomic E-state index is 0.0409. The lowest BCUT2D eigenvalue weighted by Crippen LogP contribution is -2.31.